The van der Waals surface area contributed by atoms with Crippen LogP contribution in [-0.4, -0.2) is 40.8 Å². The fourth-order valence-electron chi connectivity index (χ4n) is 3.91. The third-order valence-electron chi connectivity index (χ3n) is 5.58. The Hall–Kier alpha value is -4.12. The van der Waals surface area contributed by atoms with Crippen LogP contribution >= 0.6 is 11.5 Å². The second-order valence-electron chi connectivity index (χ2n) is 9.69. The predicted molar refractivity (Wildman–Crippen MR) is 141 cm³/mol. The Morgan fingerprint density at radius 1 is 1.05 bits per heavy atom. The average Bonchev–Trinajstić information content (AvgIpc) is 3.23. The van der Waals surface area contributed by atoms with Gasteiger partial charge in [0.25, 0.3) is 11.8 Å². The third-order valence-corrected chi connectivity index (χ3v) is 6.43. The van der Waals surface area contributed by atoms with Crippen molar-refractivity contribution in [2.24, 2.45) is 5.73 Å². The molecule has 3 aromatic rings. The molecule has 3 amide bonds. The van der Waals surface area contributed by atoms with Gasteiger partial charge in [0.2, 0.25) is 5.91 Å². The highest BCUT2D eigenvalue weighted by molar-refractivity contribution is 7.09. The van der Waals surface area contributed by atoms with Gasteiger partial charge in [-0.05, 0) is 56.9 Å². The van der Waals surface area contributed by atoms with Gasteiger partial charge in [-0.3, -0.25) is 19.3 Å². The molecular formula is C26H29N5O5S. The minimum Gasteiger partial charge on any atom is -0.486 e. The van der Waals surface area contributed by atoms with Crippen molar-refractivity contribution < 1.29 is 23.9 Å². The van der Waals surface area contributed by atoms with E-state index in [1.807, 2.05) is 39.8 Å². The Labute approximate surface area is 218 Å². The van der Waals surface area contributed by atoms with Crippen molar-refractivity contribution in [1.29, 1.82) is 0 Å². The summed E-state index contributed by atoms with van der Waals surface area (Å²) in [5, 5.41) is 2.98. The maximum Gasteiger partial charge on any atom is 0.273 e. The molecule has 1 aromatic heterocycles. The van der Waals surface area contributed by atoms with Crippen LogP contribution in [0.4, 0.5) is 11.4 Å². The summed E-state index contributed by atoms with van der Waals surface area (Å²) in [7, 11) is 0. The normalized spacial score (nSPS) is 13.5. The molecule has 0 bridgehead atoms. The van der Waals surface area contributed by atoms with Gasteiger partial charge in [-0.15, -0.1) is 0 Å². The van der Waals surface area contributed by atoms with Crippen LogP contribution in [0.5, 0.6) is 11.5 Å². The van der Waals surface area contributed by atoms with Crippen molar-refractivity contribution in [1.82, 2.24) is 9.69 Å². The number of benzene rings is 2. The van der Waals surface area contributed by atoms with Gasteiger partial charge in [-0.2, -0.15) is 4.37 Å². The molecule has 0 aliphatic carbocycles. The molecule has 0 saturated heterocycles. The summed E-state index contributed by atoms with van der Waals surface area (Å²) in [5.74, 6) is -0.900. The Balaban J connectivity index is 1.91. The van der Waals surface area contributed by atoms with Gasteiger partial charge in [-0.1, -0.05) is 29.8 Å². The first-order valence-corrected chi connectivity index (χ1v) is 12.4. The SMILES string of the molecule is Cc1ccc(C(C(=O)NC(C)(C)C)N(C(=O)c2snc(C(N)=O)c2N)c2ccc3c(c2)OCCO3)cc1. The highest BCUT2D eigenvalue weighted by Crippen LogP contribution is 2.39. The number of nitrogens with one attached hydrogen (secondary N) is 1. The van der Waals surface area contributed by atoms with Crippen LogP contribution in [-0.2, 0) is 4.79 Å². The molecule has 1 unspecified atom stereocenters. The van der Waals surface area contributed by atoms with E-state index in [0.29, 0.717) is 36.0 Å². The van der Waals surface area contributed by atoms with Crippen molar-refractivity contribution in [2.45, 2.75) is 39.3 Å². The minimum absolute atomic E-state index is 0.00985. The van der Waals surface area contributed by atoms with Gasteiger partial charge < -0.3 is 26.3 Å². The molecule has 4 rings (SSSR count). The lowest BCUT2D eigenvalue weighted by Crippen LogP contribution is -2.49. The largest absolute Gasteiger partial charge is 0.486 e. The summed E-state index contributed by atoms with van der Waals surface area (Å²) in [6.07, 6.45) is 0. The number of fused-ring (bicyclic) bond motifs is 1. The van der Waals surface area contributed by atoms with Crippen LogP contribution in [0, 0.1) is 6.92 Å². The second-order valence-corrected chi connectivity index (χ2v) is 10.5. The topological polar surface area (TPSA) is 150 Å². The van der Waals surface area contributed by atoms with E-state index in [-0.39, 0.29) is 16.3 Å². The number of carbonyl (C=O) groups is 3. The number of carbonyl (C=O) groups excluding carboxylic acids is 3. The summed E-state index contributed by atoms with van der Waals surface area (Å²) >= 11 is 0.750. The molecule has 5 N–H and O–H groups in total. The number of amides is 3. The van der Waals surface area contributed by atoms with Gasteiger partial charge in [0.05, 0.1) is 5.69 Å². The Morgan fingerprint density at radius 3 is 2.30 bits per heavy atom. The van der Waals surface area contributed by atoms with Crippen molar-refractivity contribution in [3.05, 3.63) is 64.2 Å². The molecule has 2 heterocycles. The van der Waals surface area contributed by atoms with Crippen LogP contribution in [0.2, 0.25) is 0 Å². The van der Waals surface area contributed by atoms with Gasteiger partial charge in [0.1, 0.15) is 24.1 Å². The van der Waals surface area contributed by atoms with Crippen LogP contribution in [0.3, 0.4) is 0 Å². The maximum atomic E-state index is 14.1. The summed E-state index contributed by atoms with van der Waals surface area (Å²) in [6, 6.07) is 11.2. The second kappa shape index (κ2) is 10.1. The summed E-state index contributed by atoms with van der Waals surface area (Å²) in [4.78, 5) is 41.0. The number of hydrogen-bond donors (Lipinski definition) is 3. The molecule has 11 heteroatoms. The first-order valence-electron chi connectivity index (χ1n) is 11.6. The highest BCUT2D eigenvalue weighted by atomic mass is 32.1. The quantitative estimate of drug-likeness (QED) is 0.449. The molecule has 194 valence electrons. The first-order chi connectivity index (χ1) is 17.5. The van der Waals surface area contributed by atoms with E-state index in [1.54, 1.807) is 30.3 Å². The van der Waals surface area contributed by atoms with Crippen molar-refractivity contribution >= 4 is 40.6 Å². The van der Waals surface area contributed by atoms with Crippen molar-refractivity contribution in [3.63, 3.8) is 0 Å². The lowest BCUT2D eigenvalue weighted by atomic mass is 9.99. The number of primary amides is 1. The van der Waals surface area contributed by atoms with E-state index in [9.17, 15) is 14.4 Å². The third kappa shape index (κ3) is 5.51. The zero-order chi connectivity index (χ0) is 26.9. The number of nitrogens with two attached hydrogens (primary N) is 2. The Kier molecular flexibility index (Phi) is 7.08. The number of ether oxygens (including phenoxy) is 2. The molecule has 1 atom stereocenters. The van der Waals surface area contributed by atoms with E-state index in [1.165, 1.54) is 4.90 Å². The smallest absolute Gasteiger partial charge is 0.273 e. The van der Waals surface area contributed by atoms with Crippen molar-refractivity contribution in [3.8, 4) is 11.5 Å². The Bertz CT molecular complexity index is 1350. The van der Waals surface area contributed by atoms with Crippen LogP contribution in [0.25, 0.3) is 0 Å². The van der Waals surface area contributed by atoms with Gasteiger partial charge in [0, 0.05) is 17.3 Å². The summed E-state index contributed by atoms with van der Waals surface area (Å²) < 4.78 is 15.4. The zero-order valence-corrected chi connectivity index (χ0v) is 21.8. The molecule has 2 aromatic carbocycles. The standard InChI is InChI=1S/C26H29N5O5S/c1-14-5-7-15(8-6-14)21(24(33)29-26(2,3)4)31(16-9-10-17-18(13-16)36-12-11-35-17)25(34)22-19(27)20(23(28)32)30-37-22/h5-10,13,21H,11-12,27H2,1-4H3,(H2,28,32)(H,29,33). The van der Waals surface area contributed by atoms with E-state index in [0.717, 1.165) is 17.1 Å². The molecule has 0 saturated carbocycles. The van der Waals surface area contributed by atoms with Crippen LogP contribution in [0.1, 0.15) is 58.1 Å². The van der Waals surface area contributed by atoms with Crippen LogP contribution in [0.15, 0.2) is 42.5 Å². The zero-order valence-electron chi connectivity index (χ0n) is 21.0. The molecule has 0 fully saturated rings. The Morgan fingerprint density at radius 2 is 1.70 bits per heavy atom. The number of nitrogens with zero attached hydrogens (tertiary/aromatic N) is 2. The fourth-order valence-corrected chi connectivity index (χ4v) is 4.65. The number of nitrogen functional groups attached to an aromatic ring is 1. The van der Waals surface area contributed by atoms with Gasteiger partial charge in [0.15, 0.2) is 17.2 Å². The van der Waals surface area contributed by atoms with Crippen molar-refractivity contribution in [2.75, 3.05) is 23.8 Å². The van der Waals surface area contributed by atoms with E-state index in [4.69, 9.17) is 20.9 Å². The number of anilines is 2. The molecule has 0 radical (unpaired) electrons. The van der Waals surface area contributed by atoms with E-state index in [2.05, 4.69) is 9.69 Å². The molecule has 0 spiro atoms. The monoisotopic (exact) mass is 523 g/mol. The van der Waals surface area contributed by atoms with Crippen LogP contribution < -0.4 is 31.2 Å². The number of hydrogen-bond acceptors (Lipinski definition) is 8. The lowest BCUT2D eigenvalue weighted by Gasteiger charge is -2.34. The predicted octanol–water partition coefficient (Wildman–Crippen LogP) is 3.21. The maximum absolute atomic E-state index is 14.1. The van der Waals surface area contributed by atoms with Gasteiger partial charge in [-0.25, -0.2) is 0 Å². The fraction of sp³-hybridized carbons (Fsp3) is 0.308. The molecule has 10 nitrogen and oxygen atoms in total. The summed E-state index contributed by atoms with van der Waals surface area (Å²) in [6.45, 7) is 8.25. The molecule has 37 heavy (non-hydrogen) atoms. The molecule has 1 aliphatic rings. The average molecular weight is 524 g/mol. The van der Waals surface area contributed by atoms with Gasteiger partial charge >= 0.3 is 0 Å². The first kappa shape index (κ1) is 26.0. The molecule has 1 aliphatic heterocycles. The molecular weight excluding hydrogens is 494 g/mol. The van der Waals surface area contributed by atoms with E-state index >= 15 is 0 Å². The highest BCUT2D eigenvalue weighted by Gasteiger charge is 2.37. The number of aryl methyl sites for hydroxylation is 1. The lowest BCUT2D eigenvalue weighted by molar-refractivity contribution is -0.123. The number of aromatic nitrogens is 1. The van der Waals surface area contributed by atoms with E-state index < -0.39 is 29.3 Å². The number of rotatable bonds is 6. The minimum atomic E-state index is -1.09. The summed E-state index contributed by atoms with van der Waals surface area (Å²) in [5.41, 5.74) is 12.5.